The Morgan fingerprint density at radius 3 is 2.65 bits per heavy atom. The molecule has 0 aliphatic carbocycles. The average Bonchev–Trinajstić information content (AvgIpc) is 3.63. The highest BCUT2D eigenvalue weighted by atomic mass is 32.2. The molecule has 0 bridgehead atoms. The van der Waals surface area contributed by atoms with Crippen LogP contribution < -0.4 is 10.2 Å². The van der Waals surface area contributed by atoms with E-state index in [1.54, 1.807) is 4.68 Å². The van der Waals surface area contributed by atoms with E-state index in [0.29, 0.717) is 30.2 Å². The second-order valence-electron chi connectivity index (χ2n) is 10.9. The molecule has 2 amide bonds. The van der Waals surface area contributed by atoms with Gasteiger partial charge in [0.2, 0.25) is 11.8 Å². The summed E-state index contributed by atoms with van der Waals surface area (Å²) in [5.74, 6) is -1.66. The Hall–Kier alpha value is -4.02. The average molecular weight is 603 g/mol. The number of ether oxygens (including phenoxy) is 1. The number of nitrogens with zero attached hydrogens (tertiary/aromatic N) is 3. The molecule has 0 unspecified atom stereocenters. The normalized spacial score (nSPS) is 18.4. The summed E-state index contributed by atoms with van der Waals surface area (Å²) >= 11 is 1.24. The molecule has 2 aliphatic heterocycles. The maximum absolute atomic E-state index is 15.4. The first kappa shape index (κ1) is 29.1. The maximum atomic E-state index is 15.4. The van der Waals surface area contributed by atoms with Gasteiger partial charge in [-0.25, -0.2) is 13.5 Å². The second-order valence-corrected chi connectivity index (χ2v) is 12.0. The molecule has 1 fully saturated rings. The van der Waals surface area contributed by atoms with Gasteiger partial charge in [-0.2, -0.15) is 5.10 Å². The highest BCUT2D eigenvalue weighted by Gasteiger charge is 2.39. The van der Waals surface area contributed by atoms with Gasteiger partial charge in [-0.15, -0.1) is 11.8 Å². The van der Waals surface area contributed by atoms with Gasteiger partial charge in [-0.1, -0.05) is 48.5 Å². The number of hydrogen-bond donors (Lipinski definition) is 1. The predicted octanol–water partition coefficient (Wildman–Crippen LogP) is 5.90. The molecule has 2 atom stereocenters. The van der Waals surface area contributed by atoms with Crippen LogP contribution in [0.1, 0.15) is 40.3 Å². The molecule has 6 rings (SSSR count). The lowest BCUT2D eigenvalue weighted by Crippen LogP contribution is -2.44. The van der Waals surface area contributed by atoms with Gasteiger partial charge in [-0.05, 0) is 49.9 Å². The van der Waals surface area contributed by atoms with Crippen molar-refractivity contribution in [3.63, 3.8) is 0 Å². The topological polar surface area (TPSA) is 76.5 Å². The number of rotatable bonds is 7. The first-order chi connectivity index (χ1) is 20.8. The highest BCUT2D eigenvalue weighted by molar-refractivity contribution is 8.00. The van der Waals surface area contributed by atoms with Gasteiger partial charge in [0.1, 0.15) is 24.0 Å². The molecule has 0 saturated carbocycles. The molecular weight excluding hydrogens is 570 g/mol. The summed E-state index contributed by atoms with van der Waals surface area (Å²) in [6.07, 6.45) is 1.77. The SMILES string of the molecule is Cc1cccc(-n2nc(-c3ccccc3)c3c2N(CC(=O)NC[C@@H]2CCCO2)C(=O)CS[C@H]3c2ccc(F)cc2F)c1C. The van der Waals surface area contributed by atoms with Gasteiger partial charge >= 0.3 is 0 Å². The van der Waals surface area contributed by atoms with Gasteiger partial charge in [-0.3, -0.25) is 14.5 Å². The Morgan fingerprint density at radius 2 is 1.91 bits per heavy atom. The Labute approximate surface area is 253 Å². The van der Waals surface area contributed by atoms with E-state index < -0.39 is 16.9 Å². The number of amides is 2. The predicted molar refractivity (Wildman–Crippen MR) is 163 cm³/mol. The number of anilines is 1. The lowest BCUT2D eigenvalue weighted by molar-refractivity contribution is -0.123. The van der Waals surface area contributed by atoms with Crippen molar-refractivity contribution in [2.75, 3.05) is 30.3 Å². The van der Waals surface area contributed by atoms with E-state index in [1.165, 1.54) is 28.8 Å². The third-order valence-corrected chi connectivity index (χ3v) is 9.27. The number of carbonyl (C=O) groups excluding carboxylic acids is 2. The van der Waals surface area contributed by atoms with Crippen molar-refractivity contribution in [1.29, 1.82) is 0 Å². The quantitative estimate of drug-likeness (QED) is 0.285. The van der Waals surface area contributed by atoms with Gasteiger partial charge in [0.05, 0.1) is 28.5 Å². The number of halogens is 2. The van der Waals surface area contributed by atoms with Crippen molar-refractivity contribution in [2.24, 2.45) is 0 Å². The minimum absolute atomic E-state index is 0.0177. The summed E-state index contributed by atoms with van der Waals surface area (Å²) in [7, 11) is 0. The van der Waals surface area contributed by atoms with E-state index >= 15 is 4.39 Å². The number of nitrogens with one attached hydrogen (secondary N) is 1. The number of aryl methyl sites for hydroxylation is 1. The van der Waals surface area contributed by atoms with Crippen molar-refractivity contribution in [3.8, 4) is 16.9 Å². The fraction of sp³-hybridized carbons (Fsp3) is 0.303. The summed E-state index contributed by atoms with van der Waals surface area (Å²) in [6, 6.07) is 18.8. The summed E-state index contributed by atoms with van der Waals surface area (Å²) in [5, 5.41) is 7.28. The van der Waals surface area contributed by atoms with E-state index in [9.17, 15) is 14.0 Å². The summed E-state index contributed by atoms with van der Waals surface area (Å²) in [4.78, 5) is 28.7. The Balaban J connectivity index is 1.56. The number of fused-ring (bicyclic) bond motifs is 1. The molecule has 10 heteroatoms. The van der Waals surface area contributed by atoms with Crippen LogP contribution >= 0.6 is 11.8 Å². The van der Waals surface area contributed by atoms with Crippen LogP contribution in [0.3, 0.4) is 0 Å². The molecule has 3 heterocycles. The van der Waals surface area contributed by atoms with E-state index in [1.807, 2.05) is 62.4 Å². The lowest BCUT2D eigenvalue weighted by atomic mass is 9.99. The Kier molecular flexibility index (Phi) is 8.32. The summed E-state index contributed by atoms with van der Waals surface area (Å²) in [5.41, 5.74) is 4.86. The summed E-state index contributed by atoms with van der Waals surface area (Å²) in [6.45, 7) is 4.75. The van der Waals surface area contributed by atoms with Gasteiger partial charge in [0.25, 0.3) is 0 Å². The molecule has 1 aromatic heterocycles. The summed E-state index contributed by atoms with van der Waals surface area (Å²) < 4.78 is 36.8. The molecule has 222 valence electrons. The first-order valence-electron chi connectivity index (χ1n) is 14.3. The molecular formula is C33H32F2N4O3S. The molecule has 4 aromatic rings. The van der Waals surface area contributed by atoms with E-state index in [2.05, 4.69) is 5.32 Å². The van der Waals surface area contributed by atoms with Gasteiger partial charge in [0.15, 0.2) is 0 Å². The monoisotopic (exact) mass is 602 g/mol. The van der Waals surface area contributed by atoms with Crippen molar-refractivity contribution in [2.45, 2.75) is 38.0 Å². The van der Waals surface area contributed by atoms with Crippen LogP contribution in [0.5, 0.6) is 0 Å². The van der Waals surface area contributed by atoms with Crippen molar-refractivity contribution < 1.29 is 23.1 Å². The Morgan fingerprint density at radius 1 is 1.09 bits per heavy atom. The van der Waals surface area contributed by atoms with Crippen molar-refractivity contribution in [1.82, 2.24) is 15.1 Å². The van der Waals surface area contributed by atoms with Crippen molar-refractivity contribution in [3.05, 3.63) is 101 Å². The van der Waals surface area contributed by atoms with E-state index in [-0.39, 0.29) is 35.8 Å². The minimum Gasteiger partial charge on any atom is -0.376 e. The van der Waals surface area contributed by atoms with Crippen molar-refractivity contribution >= 4 is 29.4 Å². The second kappa shape index (κ2) is 12.3. The largest absolute Gasteiger partial charge is 0.376 e. The number of hydrogen-bond acceptors (Lipinski definition) is 5. The fourth-order valence-electron chi connectivity index (χ4n) is 5.65. The standard InChI is InChI=1S/C33H32F2N4O3S/c1-20-8-6-12-27(21(20)2)39-33-30(31(37-39)22-9-4-3-5-10-22)32(25-14-13-23(34)16-26(25)35)43-19-29(41)38(33)18-28(40)36-17-24-11-7-15-42-24/h3-6,8-10,12-14,16,24,32H,7,11,15,17-19H2,1-2H3,(H,36,40)/t24-,32-/m0/s1. The zero-order valence-corrected chi connectivity index (χ0v) is 24.8. The molecule has 3 aromatic carbocycles. The van der Waals surface area contributed by atoms with Crippen LogP contribution in [0.2, 0.25) is 0 Å². The molecule has 0 radical (unpaired) electrons. The van der Waals surface area contributed by atoms with Gasteiger partial charge < -0.3 is 10.1 Å². The zero-order chi connectivity index (χ0) is 30.1. The van der Waals surface area contributed by atoms with E-state index in [4.69, 9.17) is 9.84 Å². The Bertz CT molecular complexity index is 1670. The molecule has 0 spiro atoms. The lowest BCUT2D eigenvalue weighted by Gasteiger charge is -2.24. The highest BCUT2D eigenvalue weighted by Crippen LogP contribution is 2.49. The van der Waals surface area contributed by atoms with Crippen LogP contribution in [0.4, 0.5) is 14.6 Å². The number of benzene rings is 3. The first-order valence-corrected chi connectivity index (χ1v) is 15.4. The van der Waals surface area contributed by atoms with Crippen LogP contribution in [0.25, 0.3) is 16.9 Å². The fourth-order valence-corrected chi connectivity index (χ4v) is 6.87. The number of carbonyl (C=O) groups is 2. The zero-order valence-electron chi connectivity index (χ0n) is 24.0. The third-order valence-electron chi connectivity index (χ3n) is 8.04. The third kappa shape index (κ3) is 5.81. The van der Waals surface area contributed by atoms with Crippen LogP contribution in [-0.2, 0) is 14.3 Å². The molecule has 1 N–H and O–H groups in total. The molecule has 43 heavy (non-hydrogen) atoms. The van der Waals surface area contributed by atoms with Crippen LogP contribution in [-0.4, -0.2) is 53.1 Å². The van der Waals surface area contributed by atoms with Crippen LogP contribution in [0.15, 0.2) is 66.7 Å². The molecule has 1 saturated heterocycles. The minimum atomic E-state index is -0.711. The number of aromatic nitrogens is 2. The smallest absolute Gasteiger partial charge is 0.240 e. The molecule has 2 aliphatic rings. The molecule has 7 nitrogen and oxygen atoms in total. The van der Waals surface area contributed by atoms with E-state index in [0.717, 1.165) is 41.3 Å². The van der Waals surface area contributed by atoms with Crippen LogP contribution in [0, 0.1) is 25.5 Å². The number of thioether (sulfide) groups is 1. The van der Waals surface area contributed by atoms with Gasteiger partial charge in [0, 0.05) is 35.9 Å². The maximum Gasteiger partial charge on any atom is 0.240 e.